The number of hydrogen-bond donors (Lipinski definition) is 5. The van der Waals surface area contributed by atoms with E-state index < -0.39 is 52.0 Å². The normalized spacial score (nSPS) is 23.7. The second kappa shape index (κ2) is 9.78. The lowest BCUT2D eigenvalue weighted by molar-refractivity contribution is -0.147. The first-order valence-electron chi connectivity index (χ1n) is 13.6. The van der Waals surface area contributed by atoms with Crippen LogP contribution in [-0.2, 0) is 33.6 Å². The van der Waals surface area contributed by atoms with Gasteiger partial charge in [-0.3, -0.25) is 14.4 Å². The number of benzene rings is 2. The molecule has 1 fully saturated rings. The molecule has 3 aromatic rings. The number of hydrogen-bond acceptors (Lipinski definition) is 8. The molecule has 1 aromatic heterocycles. The number of phenols is 1. The fourth-order valence-corrected chi connectivity index (χ4v) is 6.62. The van der Waals surface area contributed by atoms with E-state index in [0.29, 0.717) is 16.9 Å². The summed E-state index contributed by atoms with van der Waals surface area (Å²) in [6.07, 6.45) is 2.44. The van der Waals surface area contributed by atoms with Crippen molar-refractivity contribution in [3.63, 3.8) is 0 Å². The average molecular weight is 556 g/mol. The second-order valence-corrected chi connectivity index (χ2v) is 11.0. The third kappa shape index (κ3) is 4.15. The Morgan fingerprint density at radius 3 is 2.46 bits per heavy atom. The van der Waals surface area contributed by atoms with Crippen molar-refractivity contribution in [3.05, 3.63) is 94.0 Å². The first kappa shape index (κ1) is 26.6. The lowest BCUT2D eigenvalue weighted by atomic mass is 9.59. The predicted octanol–water partition coefficient (Wildman–Crippen LogP) is 3.86. The topological polar surface area (TPSA) is 171 Å². The molecule has 9 nitrogen and oxygen atoms in total. The SMILES string of the molecule is NC(=O)C1=C(O)C2(O)C(=O)C3=C(O)c4c(O)ccc(-c5ccc(CCCc6ccccc6)o5)c4CC3CC2CC1=O. The van der Waals surface area contributed by atoms with E-state index in [2.05, 4.69) is 12.1 Å². The lowest BCUT2D eigenvalue weighted by Gasteiger charge is -2.46. The molecule has 3 atom stereocenters. The van der Waals surface area contributed by atoms with Gasteiger partial charge in [-0.2, -0.15) is 0 Å². The first-order chi connectivity index (χ1) is 19.6. The molecule has 0 aliphatic heterocycles. The smallest absolute Gasteiger partial charge is 0.255 e. The van der Waals surface area contributed by atoms with Gasteiger partial charge in [0.1, 0.15) is 34.4 Å². The highest BCUT2D eigenvalue weighted by Crippen LogP contribution is 2.53. The lowest BCUT2D eigenvalue weighted by Crippen LogP contribution is -2.58. The molecular weight excluding hydrogens is 526 g/mol. The standard InChI is InChI=1S/C32H29NO8/c33-31(39)27-23(35)15-18-13-17-14-21-20(24-12-9-19(41-24)8-4-7-16-5-2-1-3-6-16)10-11-22(34)26(21)28(36)25(17)29(37)32(18,40)30(27)38/h1-3,5-6,9-12,17-18,34,36,38,40H,4,7-8,13-15H2,(H2,33,39). The van der Waals surface area contributed by atoms with Gasteiger partial charge in [-0.1, -0.05) is 30.3 Å². The minimum Gasteiger partial charge on any atom is -0.508 e. The van der Waals surface area contributed by atoms with Gasteiger partial charge in [0.15, 0.2) is 11.4 Å². The number of carbonyl (C=O) groups is 3. The number of amides is 1. The van der Waals surface area contributed by atoms with Crippen LogP contribution < -0.4 is 5.73 Å². The number of rotatable bonds is 6. The molecule has 1 saturated carbocycles. The summed E-state index contributed by atoms with van der Waals surface area (Å²) in [4.78, 5) is 38.0. The molecule has 0 saturated heterocycles. The molecule has 3 unspecified atom stereocenters. The Hall–Kier alpha value is -4.63. The molecule has 210 valence electrons. The number of aliphatic hydroxyl groups is 3. The highest BCUT2D eigenvalue weighted by molar-refractivity contribution is 6.22. The Morgan fingerprint density at radius 1 is 0.976 bits per heavy atom. The van der Waals surface area contributed by atoms with Gasteiger partial charge in [-0.05, 0) is 67.0 Å². The fourth-order valence-electron chi connectivity index (χ4n) is 6.62. The summed E-state index contributed by atoms with van der Waals surface area (Å²) < 4.78 is 6.16. The molecule has 0 radical (unpaired) electrons. The van der Waals surface area contributed by atoms with Crippen molar-refractivity contribution in [2.75, 3.05) is 0 Å². The number of phenolic OH excluding ortho intramolecular Hbond substituents is 1. The van der Waals surface area contributed by atoms with Crippen LogP contribution in [0.25, 0.3) is 17.1 Å². The summed E-state index contributed by atoms with van der Waals surface area (Å²) in [5.74, 6) is -5.19. The Bertz CT molecular complexity index is 1660. The van der Waals surface area contributed by atoms with Crippen molar-refractivity contribution < 1.29 is 39.2 Å². The van der Waals surface area contributed by atoms with Crippen LogP contribution in [0.15, 0.2) is 75.9 Å². The largest absolute Gasteiger partial charge is 0.508 e. The predicted molar refractivity (Wildman–Crippen MR) is 148 cm³/mol. The molecule has 3 aliphatic carbocycles. The van der Waals surface area contributed by atoms with Crippen LogP contribution in [0.4, 0.5) is 0 Å². The summed E-state index contributed by atoms with van der Waals surface area (Å²) in [6, 6.07) is 17.0. The van der Waals surface area contributed by atoms with E-state index in [0.717, 1.165) is 25.0 Å². The van der Waals surface area contributed by atoms with E-state index in [4.69, 9.17) is 10.2 Å². The molecular formula is C32H29NO8. The van der Waals surface area contributed by atoms with E-state index in [1.165, 1.54) is 11.6 Å². The number of Topliss-reactive ketones (excluding diaryl/α,β-unsaturated/α-hetero) is 2. The highest BCUT2D eigenvalue weighted by atomic mass is 16.4. The molecule has 1 amide bonds. The molecule has 2 aromatic carbocycles. The van der Waals surface area contributed by atoms with E-state index >= 15 is 0 Å². The maximum Gasteiger partial charge on any atom is 0.255 e. The summed E-state index contributed by atoms with van der Waals surface area (Å²) in [5.41, 5.74) is 4.17. The van der Waals surface area contributed by atoms with Crippen molar-refractivity contribution >= 4 is 23.2 Å². The van der Waals surface area contributed by atoms with Gasteiger partial charge in [0.05, 0.1) is 5.56 Å². The van der Waals surface area contributed by atoms with E-state index in [-0.39, 0.29) is 36.1 Å². The number of carbonyl (C=O) groups excluding carboxylic acids is 3. The van der Waals surface area contributed by atoms with Gasteiger partial charge < -0.3 is 30.6 Å². The quantitative estimate of drug-likeness (QED) is 0.285. The third-order valence-corrected chi connectivity index (χ3v) is 8.61. The van der Waals surface area contributed by atoms with E-state index in [1.54, 1.807) is 6.07 Å². The first-order valence-corrected chi connectivity index (χ1v) is 13.6. The van der Waals surface area contributed by atoms with Crippen LogP contribution in [0.5, 0.6) is 5.75 Å². The molecule has 0 spiro atoms. The van der Waals surface area contributed by atoms with E-state index in [1.807, 2.05) is 30.3 Å². The van der Waals surface area contributed by atoms with Crippen LogP contribution >= 0.6 is 0 Å². The van der Waals surface area contributed by atoms with Gasteiger partial charge in [-0.15, -0.1) is 0 Å². The third-order valence-electron chi connectivity index (χ3n) is 8.61. The maximum atomic E-state index is 13.7. The Balaban J connectivity index is 1.35. The van der Waals surface area contributed by atoms with Gasteiger partial charge in [0.2, 0.25) is 5.78 Å². The van der Waals surface area contributed by atoms with Gasteiger partial charge >= 0.3 is 0 Å². The number of aliphatic hydroxyl groups excluding tert-OH is 2. The van der Waals surface area contributed by atoms with Gasteiger partial charge in [0.25, 0.3) is 5.91 Å². The zero-order valence-electron chi connectivity index (χ0n) is 22.1. The molecule has 3 aliphatic rings. The van der Waals surface area contributed by atoms with Crippen LogP contribution in [0.1, 0.15) is 41.7 Å². The number of primary amides is 1. The van der Waals surface area contributed by atoms with Crippen molar-refractivity contribution in [2.45, 2.75) is 44.1 Å². The summed E-state index contributed by atoms with van der Waals surface area (Å²) >= 11 is 0. The molecule has 0 bridgehead atoms. The van der Waals surface area contributed by atoms with Crippen molar-refractivity contribution in [1.29, 1.82) is 0 Å². The molecule has 41 heavy (non-hydrogen) atoms. The second-order valence-electron chi connectivity index (χ2n) is 11.0. The van der Waals surface area contributed by atoms with Gasteiger partial charge in [-0.25, -0.2) is 0 Å². The number of nitrogens with two attached hydrogens (primary N) is 1. The van der Waals surface area contributed by atoms with Crippen molar-refractivity contribution in [2.24, 2.45) is 17.6 Å². The minimum atomic E-state index is -2.58. The highest BCUT2D eigenvalue weighted by Gasteiger charge is 2.60. The summed E-state index contributed by atoms with van der Waals surface area (Å²) in [7, 11) is 0. The fraction of sp³-hybridized carbons (Fsp3) is 0.281. The zero-order valence-corrected chi connectivity index (χ0v) is 22.1. The van der Waals surface area contributed by atoms with Crippen LogP contribution in [0, 0.1) is 11.8 Å². The van der Waals surface area contributed by atoms with Crippen LogP contribution in [0.3, 0.4) is 0 Å². The minimum absolute atomic E-state index is 0.0386. The van der Waals surface area contributed by atoms with Crippen LogP contribution in [0.2, 0.25) is 0 Å². The number of fused-ring (bicyclic) bond motifs is 3. The van der Waals surface area contributed by atoms with Crippen LogP contribution in [-0.4, -0.2) is 43.5 Å². The van der Waals surface area contributed by atoms with Gasteiger partial charge in [0, 0.05) is 29.9 Å². The Morgan fingerprint density at radius 2 is 1.73 bits per heavy atom. The monoisotopic (exact) mass is 555 g/mol. The van der Waals surface area contributed by atoms with E-state index in [9.17, 15) is 34.8 Å². The number of aryl methyl sites for hydroxylation is 2. The Labute approximate surface area is 235 Å². The number of aromatic hydroxyl groups is 1. The zero-order chi connectivity index (χ0) is 29.1. The maximum absolute atomic E-state index is 13.7. The molecule has 9 heteroatoms. The summed E-state index contributed by atoms with van der Waals surface area (Å²) in [5, 5.41) is 44.1. The molecule has 1 heterocycles. The number of furan rings is 1. The average Bonchev–Trinajstić information content (AvgIpc) is 3.40. The van der Waals surface area contributed by atoms with Crippen molar-refractivity contribution in [3.8, 4) is 17.1 Å². The molecule has 6 rings (SSSR count). The number of ketones is 2. The molecule has 6 N–H and O–H groups in total. The summed E-state index contributed by atoms with van der Waals surface area (Å²) in [6.45, 7) is 0. The van der Waals surface area contributed by atoms with Crippen molar-refractivity contribution in [1.82, 2.24) is 0 Å². The Kier molecular flexibility index (Phi) is 6.34.